The number of aryl methyl sites for hydroxylation is 5. The number of rotatable bonds is 2. The second kappa shape index (κ2) is 5.79. The summed E-state index contributed by atoms with van der Waals surface area (Å²) in [5.74, 6) is 0.348. The molecule has 0 atom stereocenters. The van der Waals surface area contributed by atoms with Gasteiger partial charge in [0.25, 0.3) is 0 Å². The Balaban J connectivity index is 2.19. The minimum absolute atomic E-state index is 0.0528. The molecule has 0 fully saturated rings. The van der Waals surface area contributed by atoms with Crippen molar-refractivity contribution in [3.63, 3.8) is 0 Å². The minimum Gasteiger partial charge on any atom is -0.508 e. The molecule has 3 rings (SSSR count). The first-order chi connectivity index (χ1) is 11.3. The summed E-state index contributed by atoms with van der Waals surface area (Å²) in [6, 6.07) is 11.6. The Morgan fingerprint density at radius 2 is 1.42 bits per heavy atom. The molecule has 0 saturated carbocycles. The van der Waals surface area contributed by atoms with Crippen LogP contribution in [-0.2, 0) is 0 Å². The van der Waals surface area contributed by atoms with E-state index in [1.807, 2.05) is 52.8 Å². The number of carbonyl (C=O) groups is 1. The third kappa shape index (κ3) is 2.58. The van der Waals surface area contributed by atoms with Gasteiger partial charge >= 0.3 is 0 Å². The molecule has 0 radical (unpaired) electrons. The maximum absolute atomic E-state index is 13.1. The second-order valence-electron chi connectivity index (χ2n) is 6.70. The van der Waals surface area contributed by atoms with Crippen molar-refractivity contribution < 1.29 is 9.90 Å². The molecule has 24 heavy (non-hydrogen) atoms. The molecule has 122 valence electrons. The predicted octanol–water partition coefficient (Wildman–Crippen LogP) is 5.32. The van der Waals surface area contributed by atoms with Gasteiger partial charge in [-0.15, -0.1) is 0 Å². The first-order valence-corrected chi connectivity index (χ1v) is 8.15. The number of hydrogen-bond acceptors (Lipinski definition) is 2. The molecular formula is C22H22O2. The van der Waals surface area contributed by atoms with E-state index in [1.165, 1.54) is 5.56 Å². The van der Waals surface area contributed by atoms with Crippen LogP contribution in [0, 0.1) is 34.6 Å². The number of ketones is 1. The summed E-state index contributed by atoms with van der Waals surface area (Å²) in [7, 11) is 0. The van der Waals surface area contributed by atoms with E-state index in [0.29, 0.717) is 11.3 Å². The van der Waals surface area contributed by atoms with Crippen molar-refractivity contribution >= 4 is 16.6 Å². The van der Waals surface area contributed by atoms with E-state index in [0.717, 1.165) is 38.6 Å². The van der Waals surface area contributed by atoms with Gasteiger partial charge in [-0.05, 0) is 79.8 Å². The van der Waals surface area contributed by atoms with Gasteiger partial charge in [-0.2, -0.15) is 0 Å². The monoisotopic (exact) mass is 318 g/mol. The zero-order valence-corrected chi connectivity index (χ0v) is 14.8. The highest BCUT2D eigenvalue weighted by molar-refractivity contribution is 6.12. The number of fused-ring (bicyclic) bond motifs is 1. The maximum Gasteiger partial charge on any atom is 0.193 e. The molecule has 3 aromatic carbocycles. The zero-order valence-electron chi connectivity index (χ0n) is 14.8. The van der Waals surface area contributed by atoms with Crippen molar-refractivity contribution in [2.24, 2.45) is 0 Å². The molecule has 0 bridgehead atoms. The molecule has 0 spiro atoms. The van der Waals surface area contributed by atoms with Gasteiger partial charge in [-0.1, -0.05) is 29.8 Å². The average molecular weight is 318 g/mol. The number of phenols is 1. The molecule has 3 aromatic rings. The zero-order chi connectivity index (χ0) is 17.6. The van der Waals surface area contributed by atoms with Crippen LogP contribution in [0.25, 0.3) is 10.8 Å². The number of hydrogen-bond donors (Lipinski definition) is 1. The topological polar surface area (TPSA) is 37.3 Å². The summed E-state index contributed by atoms with van der Waals surface area (Å²) in [4.78, 5) is 13.1. The standard InChI is InChI=1S/C22H22O2/c1-12-8-14(3)21(15(4)9-12)22(24)17-6-7-18-16(5)20(23)10-13(2)19(18)11-17/h6-11,23H,1-5H3. The van der Waals surface area contributed by atoms with E-state index in [2.05, 4.69) is 12.1 Å². The average Bonchev–Trinajstić information content (AvgIpc) is 2.51. The van der Waals surface area contributed by atoms with Crippen LogP contribution in [0.4, 0.5) is 0 Å². The molecule has 1 N–H and O–H groups in total. The van der Waals surface area contributed by atoms with Gasteiger partial charge in [-0.25, -0.2) is 0 Å². The van der Waals surface area contributed by atoms with Crippen molar-refractivity contribution in [2.45, 2.75) is 34.6 Å². The SMILES string of the molecule is Cc1cc(C)c(C(=O)c2ccc3c(C)c(O)cc(C)c3c2)c(C)c1. The highest BCUT2D eigenvalue weighted by Gasteiger charge is 2.16. The fourth-order valence-electron chi connectivity index (χ4n) is 3.55. The Labute approximate surface area is 142 Å². The van der Waals surface area contributed by atoms with E-state index in [4.69, 9.17) is 0 Å². The van der Waals surface area contributed by atoms with Crippen LogP contribution in [0.2, 0.25) is 0 Å². The third-order valence-electron chi connectivity index (χ3n) is 4.75. The van der Waals surface area contributed by atoms with Crippen molar-refractivity contribution in [1.29, 1.82) is 0 Å². The molecule has 0 aromatic heterocycles. The van der Waals surface area contributed by atoms with Crippen LogP contribution < -0.4 is 0 Å². The van der Waals surface area contributed by atoms with Crippen molar-refractivity contribution in [1.82, 2.24) is 0 Å². The Hall–Kier alpha value is -2.61. The van der Waals surface area contributed by atoms with Gasteiger partial charge in [0.05, 0.1) is 0 Å². The molecule has 0 aliphatic rings. The summed E-state index contributed by atoms with van der Waals surface area (Å²) in [5.41, 5.74) is 6.48. The van der Waals surface area contributed by atoms with Crippen LogP contribution in [0.3, 0.4) is 0 Å². The Morgan fingerprint density at radius 3 is 2.04 bits per heavy atom. The Kier molecular flexibility index (Phi) is 3.92. The van der Waals surface area contributed by atoms with Crippen LogP contribution in [0.5, 0.6) is 5.75 Å². The van der Waals surface area contributed by atoms with Crippen LogP contribution in [0.1, 0.15) is 43.7 Å². The largest absolute Gasteiger partial charge is 0.508 e. The molecule has 2 nitrogen and oxygen atoms in total. The lowest BCUT2D eigenvalue weighted by Gasteiger charge is -2.13. The number of phenolic OH excluding ortho intramolecular Hbond substituents is 1. The summed E-state index contributed by atoms with van der Waals surface area (Å²) >= 11 is 0. The molecule has 2 heteroatoms. The Morgan fingerprint density at radius 1 is 0.792 bits per heavy atom. The van der Waals surface area contributed by atoms with E-state index < -0.39 is 0 Å². The fraction of sp³-hybridized carbons (Fsp3) is 0.227. The smallest absolute Gasteiger partial charge is 0.193 e. The van der Waals surface area contributed by atoms with Gasteiger partial charge in [0.1, 0.15) is 5.75 Å². The van der Waals surface area contributed by atoms with Crippen molar-refractivity contribution in [3.8, 4) is 5.75 Å². The van der Waals surface area contributed by atoms with Crippen molar-refractivity contribution in [2.75, 3.05) is 0 Å². The number of aromatic hydroxyl groups is 1. The lowest BCUT2D eigenvalue weighted by molar-refractivity contribution is 0.103. The fourth-order valence-corrected chi connectivity index (χ4v) is 3.55. The van der Waals surface area contributed by atoms with Gasteiger partial charge < -0.3 is 5.11 Å². The van der Waals surface area contributed by atoms with Crippen LogP contribution in [0.15, 0.2) is 36.4 Å². The third-order valence-corrected chi connectivity index (χ3v) is 4.75. The van der Waals surface area contributed by atoms with Gasteiger partial charge in [0, 0.05) is 11.1 Å². The summed E-state index contributed by atoms with van der Waals surface area (Å²) < 4.78 is 0. The summed E-state index contributed by atoms with van der Waals surface area (Å²) in [5, 5.41) is 12.0. The van der Waals surface area contributed by atoms with Gasteiger partial charge in [0.15, 0.2) is 5.78 Å². The molecule has 0 aliphatic carbocycles. The normalized spacial score (nSPS) is 11.0. The van der Waals surface area contributed by atoms with Crippen molar-refractivity contribution in [3.05, 3.63) is 75.3 Å². The molecule has 0 unspecified atom stereocenters. The predicted molar refractivity (Wildman–Crippen MR) is 99.2 cm³/mol. The van der Waals surface area contributed by atoms with Gasteiger partial charge in [0.2, 0.25) is 0 Å². The van der Waals surface area contributed by atoms with E-state index in [9.17, 15) is 9.90 Å². The molecular weight excluding hydrogens is 296 g/mol. The highest BCUT2D eigenvalue weighted by Crippen LogP contribution is 2.31. The Bertz CT molecular complexity index is 958. The van der Waals surface area contributed by atoms with E-state index >= 15 is 0 Å². The number of carbonyl (C=O) groups excluding carboxylic acids is 1. The molecule has 0 saturated heterocycles. The first kappa shape index (κ1) is 16.3. The molecule has 0 amide bonds. The van der Waals surface area contributed by atoms with E-state index in [1.54, 1.807) is 6.07 Å². The van der Waals surface area contributed by atoms with E-state index in [-0.39, 0.29) is 5.78 Å². The number of benzene rings is 3. The quantitative estimate of drug-likeness (QED) is 0.649. The molecule has 0 heterocycles. The minimum atomic E-state index is 0.0528. The second-order valence-corrected chi connectivity index (χ2v) is 6.70. The summed E-state index contributed by atoms with van der Waals surface area (Å²) in [6.45, 7) is 9.87. The van der Waals surface area contributed by atoms with Gasteiger partial charge in [-0.3, -0.25) is 4.79 Å². The lowest BCUT2D eigenvalue weighted by Crippen LogP contribution is -2.07. The van der Waals surface area contributed by atoms with Crippen LogP contribution in [-0.4, -0.2) is 10.9 Å². The van der Waals surface area contributed by atoms with Crippen LogP contribution >= 0.6 is 0 Å². The lowest BCUT2D eigenvalue weighted by atomic mass is 9.91. The highest BCUT2D eigenvalue weighted by atomic mass is 16.3. The summed E-state index contributed by atoms with van der Waals surface area (Å²) in [6.07, 6.45) is 0. The molecule has 0 aliphatic heterocycles. The maximum atomic E-state index is 13.1. The first-order valence-electron chi connectivity index (χ1n) is 8.15.